The van der Waals surface area contributed by atoms with Gasteiger partial charge in [-0.3, -0.25) is 9.69 Å². The summed E-state index contributed by atoms with van der Waals surface area (Å²) in [4.78, 5) is 14.3. The highest BCUT2D eigenvalue weighted by Crippen LogP contribution is 2.17. The van der Waals surface area contributed by atoms with Crippen molar-refractivity contribution < 1.29 is 4.79 Å². The quantitative estimate of drug-likeness (QED) is 0.874. The highest BCUT2D eigenvalue weighted by molar-refractivity contribution is 6.31. The summed E-state index contributed by atoms with van der Waals surface area (Å²) in [5.74, 6) is 0.0140. The molecule has 0 saturated heterocycles. The number of amides is 1. The first-order valence-electron chi connectivity index (χ1n) is 7.74. The number of carbonyl (C=O) groups is 1. The van der Waals surface area contributed by atoms with E-state index in [1.165, 1.54) is 5.56 Å². The standard InChI is InChI=1S/C19H23ClN2O/c1-14-8-10-16(11-9-14)12-21-19(23)15(2)22(3)13-17-6-4-5-7-18(17)20/h4-11,15H,12-13H2,1-3H3,(H,21,23). The lowest BCUT2D eigenvalue weighted by atomic mass is 10.1. The molecule has 0 heterocycles. The van der Waals surface area contributed by atoms with Gasteiger partial charge in [-0.25, -0.2) is 0 Å². The minimum Gasteiger partial charge on any atom is -0.351 e. The first-order valence-corrected chi connectivity index (χ1v) is 8.12. The maximum Gasteiger partial charge on any atom is 0.237 e. The number of benzene rings is 2. The molecule has 1 atom stereocenters. The Labute approximate surface area is 143 Å². The molecule has 0 aliphatic rings. The molecular weight excluding hydrogens is 308 g/mol. The zero-order valence-corrected chi connectivity index (χ0v) is 14.6. The Hall–Kier alpha value is -1.84. The number of nitrogens with one attached hydrogen (secondary N) is 1. The predicted molar refractivity (Wildman–Crippen MR) is 95.4 cm³/mol. The van der Waals surface area contributed by atoms with Gasteiger partial charge in [0.25, 0.3) is 0 Å². The molecule has 1 unspecified atom stereocenters. The van der Waals surface area contributed by atoms with E-state index in [0.717, 1.165) is 16.1 Å². The van der Waals surface area contributed by atoms with Gasteiger partial charge in [-0.1, -0.05) is 59.6 Å². The van der Waals surface area contributed by atoms with E-state index < -0.39 is 0 Å². The normalized spacial score (nSPS) is 12.2. The van der Waals surface area contributed by atoms with Gasteiger partial charge in [-0.2, -0.15) is 0 Å². The fraction of sp³-hybridized carbons (Fsp3) is 0.316. The van der Waals surface area contributed by atoms with Crippen LogP contribution in [0.25, 0.3) is 0 Å². The van der Waals surface area contributed by atoms with Crippen LogP contribution in [0.4, 0.5) is 0 Å². The summed E-state index contributed by atoms with van der Waals surface area (Å²) in [5.41, 5.74) is 3.34. The smallest absolute Gasteiger partial charge is 0.237 e. The highest BCUT2D eigenvalue weighted by atomic mass is 35.5. The van der Waals surface area contributed by atoms with Crippen molar-refractivity contribution in [1.82, 2.24) is 10.2 Å². The van der Waals surface area contributed by atoms with Crippen LogP contribution in [0.2, 0.25) is 5.02 Å². The Kier molecular flexibility index (Phi) is 6.20. The SMILES string of the molecule is Cc1ccc(CNC(=O)C(C)N(C)Cc2ccccc2Cl)cc1. The Bertz CT molecular complexity index is 655. The topological polar surface area (TPSA) is 32.3 Å². The van der Waals surface area contributed by atoms with E-state index in [0.29, 0.717) is 13.1 Å². The van der Waals surface area contributed by atoms with Gasteiger partial charge in [0.2, 0.25) is 5.91 Å². The van der Waals surface area contributed by atoms with Crippen molar-refractivity contribution in [2.24, 2.45) is 0 Å². The van der Waals surface area contributed by atoms with Gasteiger partial charge in [0.05, 0.1) is 6.04 Å². The van der Waals surface area contributed by atoms with Crippen molar-refractivity contribution in [1.29, 1.82) is 0 Å². The molecular formula is C19H23ClN2O. The summed E-state index contributed by atoms with van der Waals surface area (Å²) in [6.45, 7) is 5.14. The predicted octanol–water partition coefficient (Wildman–Crippen LogP) is 3.79. The highest BCUT2D eigenvalue weighted by Gasteiger charge is 2.18. The molecule has 1 amide bonds. The zero-order chi connectivity index (χ0) is 16.8. The van der Waals surface area contributed by atoms with E-state index in [2.05, 4.69) is 17.4 Å². The van der Waals surface area contributed by atoms with Gasteiger partial charge >= 0.3 is 0 Å². The average Bonchev–Trinajstić information content (AvgIpc) is 2.55. The van der Waals surface area contributed by atoms with Gasteiger partial charge < -0.3 is 5.32 Å². The van der Waals surface area contributed by atoms with Gasteiger partial charge in [0.15, 0.2) is 0 Å². The zero-order valence-electron chi connectivity index (χ0n) is 13.8. The van der Waals surface area contributed by atoms with Crippen LogP contribution in [-0.4, -0.2) is 23.9 Å². The van der Waals surface area contributed by atoms with E-state index in [-0.39, 0.29) is 11.9 Å². The number of hydrogen-bond acceptors (Lipinski definition) is 2. The largest absolute Gasteiger partial charge is 0.351 e. The van der Waals surface area contributed by atoms with Crippen LogP contribution in [0.5, 0.6) is 0 Å². The summed E-state index contributed by atoms with van der Waals surface area (Å²) in [7, 11) is 1.93. The third-order valence-electron chi connectivity index (χ3n) is 4.01. The molecule has 2 rings (SSSR count). The van der Waals surface area contributed by atoms with Crippen molar-refractivity contribution in [2.45, 2.75) is 33.0 Å². The van der Waals surface area contributed by atoms with Crippen LogP contribution in [0, 0.1) is 6.92 Å². The molecule has 23 heavy (non-hydrogen) atoms. The first kappa shape index (κ1) is 17.5. The lowest BCUT2D eigenvalue weighted by Gasteiger charge is -2.24. The van der Waals surface area contributed by atoms with Gasteiger partial charge in [-0.05, 0) is 38.1 Å². The number of rotatable bonds is 6. The summed E-state index contributed by atoms with van der Waals surface area (Å²) in [5, 5.41) is 3.71. The van der Waals surface area contributed by atoms with Crippen LogP contribution in [0.3, 0.4) is 0 Å². The molecule has 2 aromatic carbocycles. The first-order chi connectivity index (χ1) is 11.0. The Morgan fingerprint density at radius 1 is 1.17 bits per heavy atom. The van der Waals surface area contributed by atoms with Crippen LogP contribution in [-0.2, 0) is 17.9 Å². The molecule has 0 aliphatic carbocycles. The Morgan fingerprint density at radius 2 is 1.83 bits per heavy atom. The monoisotopic (exact) mass is 330 g/mol. The molecule has 0 bridgehead atoms. The molecule has 122 valence electrons. The number of aryl methyl sites for hydroxylation is 1. The van der Waals surface area contributed by atoms with Crippen LogP contribution in [0.15, 0.2) is 48.5 Å². The summed E-state index contributed by atoms with van der Waals surface area (Å²) < 4.78 is 0. The van der Waals surface area contributed by atoms with Crippen LogP contribution < -0.4 is 5.32 Å². The number of likely N-dealkylation sites (N-methyl/N-ethyl adjacent to an activating group) is 1. The van der Waals surface area contributed by atoms with Crippen molar-refractivity contribution in [2.75, 3.05) is 7.05 Å². The third kappa shape index (κ3) is 5.08. The van der Waals surface area contributed by atoms with Crippen LogP contribution in [0.1, 0.15) is 23.6 Å². The van der Waals surface area contributed by atoms with Gasteiger partial charge in [0, 0.05) is 18.1 Å². The molecule has 0 aliphatic heterocycles. The molecule has 0 aromatic heterocycles. The summed E-state index contributed by atoms with van der Waals surface area (Å²) in [6, 6.07) is 15.7. The number of halogens is 1. The minimum atomic E-state index is -0.225. The Balaban J connectivity index is 1.88. The van der Waals surface area contributed by atoms with Gasteiger partial charge in [-0.15, -0.1) is 0 Å². The molecule has 3 nitrogen and oxygen atoms in total. The van der Waals surface area contributed by atoms with E-state index >= 15 is 0 Å². The molecule has 4 heteroatoms. The molecule has 0 spiro atoms. The summed E-state index contributed by atoms with van der Waals surface area (Å²) in [6.07, 6.45) is 0. The Morgan fingerprint density at radius 3 is 2.48 bits per heavy atom. The number of carbonyl (C=O) groups excluding carboxylic acids is 1. The lowest BCUT2D eigenvalue weighted by molar-refractivity contribution is -0.125. The molecule has 1 N–H and O–H groups in total. The van der Waals surface area contributed by atoms with E-state index in [1.54, 1.807) is 0 Å². The van der Waals surface area contributed by atoms with E-state index in [9.17, 15) is 4.79 Å². The second-order valence-electron chi connectivity index (χ2n) is 5.89. The van der Waals surface area contributed by atoms with E-state index in [1.807, 2.05) is 62.2 Å². The number of nitrogens with zero attached hydrogens (tertiary/aromatic N) is 1. The van der Waals surface area contributed by atoms with E-state index in [4.69, 9.17) is 11.6 Å². The fourth-order valence-electron chi connectivity index (χ4n) is 2.28. The molecule has 0 radical (unpaired) electrons. The minimum absolute atomic E-state index is 0.0140. The molecule has 2 aromatic rings. The second-order valence-corrected chi connectivity index (χ2v) is 6.29. The maximum atomic E-state index is 12.3. The lowest BCUT2D eigenvalue weighted by Crippen LogP contribution is -2.42. The molecule has 0 fully saturated rings. The third-order valence-corrected chi connectivity index (χ3v) is 4.37. The fourth-order valence-corrected chi connectivity index (χ4v) is 2.47. The van der Waals surface area contributed by atoms with Crippen molar-refractivity contribution in [3.8, 4) is 0 Å². The van der Waals surface area contributed by atoms with Gasteiger partial charge in [0.1, 0.15) is 0 Å². The van der Waals surface area contributed by atoms with Crippen molar-refractivity contribution in [3.63, 3.8) is 0 Å². The molecule has 0 saturated carbocycles. The summed E-state index contributed by atoms with van der Waals surface area (Å²) >= 11 is 6.18. The number of hydrogen-bond donors (Lipinski definition) is 1. The maximum absolute atomic E-state index is 12.3. The second kappa shape index (κ2) is 8.14. The van der Waals surface area contributed by atoms with Crippen molar-refractivity contribution >= 4 is 17.5 Å². The van der Waals surface area contributed by atoms with Crippen LogP contribution >= 0.6 is 11.6 Å². The average molecular weight is 331 g/mol. The van der Waals surface area contributed by atoms with Crippen molar-refractivity contribution in [3.05, 3.63) is 70.2 Å².